The molecule has 2 saturated heterocycles. The summed E-state index contributed by atoms with van der Waals surface area (Å²) >= 11 is 0. The molecule has 0 aromatic carbocycles. The van der Waals surface area contributed by atoms with Crippen molar-refractivity contribution in [1.82, 2.24) is 4.90 Å². The summed E-state index contributed by atoms with van der Waals surface area (Å²) in [5, 5.41) is 0. The normalized spacial score (nSPS) is 29.0. The van der Waals surface area contributed by atoms with Gasteiger partial charge in [-0.2, -0.15) is 0 Å². The molecule has 0 radical (unpaired) electrons. The van der Waals surface area contributed by atoms with Crippen LogP contribution in [0.2, 0.25) is 0 Å². The summed E-state index contributed by atoms with van der Waals surface area (Å²) in [6, 6.07) is 0. The molecule has 2 aliphatic rings. The van der Waals surface area contributed by atoms with Gasteiger partial charge in [0.2, 0.25) is 5.91 Å². The van der Waals surface area contributed by atoms with Gasteiger partial charge in [0.1, 0.15) is 5.60 Å². The lowest BCUT2D eigenvalue weighted by molar-refractivity contribution is -0.193. The molecule has 0 aromatic heterocycles. The quantitative estimate of drug-likeness (QED) is 0.631. The Hall–Kier alpha value is -0.570. The molecule has 16 heavy (non-hydrogen) atoms. The number of hydrogen-bond donors (Lipinski definition) is 0. The van der Waals surface area contributed by atoms with E-state index in [0.29, 0.717) is 5.41 Å². The standard InChI is InChI=1S/C13H23NO2/c1-10(15)14-8-13(9-14)7-11(5-6-16-13)12(2,3)4/h11H,5-9H2,1-4H3/t11-/m1/s1. The minimum Gasteiger partial charge on any atom is -0.371 e. The summed E-state index contributed by atoms with van der Waals surface area (Å²) in [4.78, 5) is 13.1. The van der Waals surface area contributed by atoms with Crippen LogP contribution in [0.4, 0.5) is 0 Å². The molecule has 2 rings (SSSR count). The maximum Gasteiger partial charge on any atom is 0.219 e. The summed E-state index contributed by atoms with van der Waals surface area (Å²) in [6.45, 7) is 11.0. The lowest BCUT2D eigenvalue weighted by atomic mass is 9.69. The molecule has 92 valence electrons. The van der Waals surface area contributed by atoms with Gasteiger partial charge in [-0.25, -0.2) is 0 Å². The van der Waals surface area contributed by atoms with E-state index >= 15 is 0 Å². The van der Waals surface area contributed by atoms with E-state index in [1.54, 1.807) is 6.92 Å². The highest BCUT2D eigenvalue weighted by Crippen LogP contribution is 2.43. The van der Waals surface area contributed by atoms with E-state index in [1.165, 1.54) is 0 Å². The van der Waals surface area contributed by atoms with Crippen molar-refractivity contribution < 1.29 is 9.53 Å². The van der Waals surface area contributed by atoms with E-state index in [2.05, 4.69) is 20.8 Å². The second kappa shape index (κ2) is 3.73. The van der Waals surface area contributed by atoms with Crippen molar-refractivity contribution in [3.8, 4) is 0 Å². The van der Waals surface area contributed by atoms with E-state index in [-0.39, 0.29) is 11.5 Å². The molecule has 1 amide bonds. The molecule has 0 aliphatic carbocycles. The van der Waals surface area contributed by atoms with Crippen LogP contribution in [0, 0.1) is 11.3 Å². The van der Waals surface area contributed by atoms with E-state index in [1.807, 2.05) is 4.90 Å². The summed E-state index contributed by atoms with van der Waals surface area (Å²) in [7, 11) is 0. The van der Waals surface area contributed by atoms with Crippen LogP contribution >= 0.6 is 0 Å². The molecule has 3 nitrogen and oxygen atoms in total. The highest BCUT2D eigenvalue weighted by molar-refractivity contribution is 5.74. The van der Waals surface area contributed by atoms with Gasteiger partial charge < -0.3 is 9.64 Å². The predicted octanol–water partition coefficient (Wildman–Crippen LogP) is 2.06. The van der Waals surface area contributed by atoms with Crippen molar-refractivity contribution >= 4 is 5.91 Å². The smallest absolute Gasteiger partial charge is 0.219 e. The largest absolute Gasteiger partial charge is 0.371 e. The second-order valence-electron chi connectivity index (χ2n) is 6.46. The highest BCUT2D eigenvalue weighted by atomic mass is 16.5. The molecule has 0 aromatic rings. The van der Waals surface area contributed by atoms with E-state index in [0.717, 1.165) is 38.5 Å². The van der Waals surface area contributed by atoms with Crippen LogP contribution in [0.5, 0.6) is 0 Å². The first-order chi connectivity index (χ1) is 7.32. The van der Waals surface area contributed by atoms with Gasteiger partial charge in [-0.05, 0) is 24.2 Å². The molecule has 0 saturated carbocycles. The predicted molar refractivity (Wildman–Crippen MR) is 63.1 cm³/mol. The summed E-state index contributed by atoms with van der Waals surface area (Å²) < 4.78 is 5.91. The first-order valence-electron chi connectivity index (χ1n) is 6.22. The number of hydrogen-bond acceptors (Lipinski definition) is 2. The van der Waals surface area contributed by atoms with E-state index < -0.39 is 0 Å². The average molecular weight is 225 g/mol. The molecule has 0 bridgehead atoms. The van der Waals surface area contributed by atoms with Crippen molar-refractivity contribution in [3.05, 3.63) is 0 Å². The minimum absolute atomic E-state index is 0.0120. The van der Waals surface area contributed by atoms with Gasteiger partial charge in [-0.1, -0.05) is 20.8 Å². The molecule has 2 fully saturated rings. The third-order valence-electron chi connectivity index (χ3n) is 4.12. The average Bonchev–Trinajstić information content (AvgIpc) is 2.12. The fourth-order valence-electron chi connectivity index (χ4n) is 2.86. The van der Waals surface area contributed by atoms with Gasteiger partial charge in [0.25, 0.3) is 0 Å². The summed E-state index contributed by atoms with van der Waals surface area (Å²) in [5.74, 6) is 0.891. The Morgan fingerprint density at radius 2 is 2.00 bits per heavy atom. The lowest BCUT2D eigenvalue weighted by Crippen LogP contribution is -2.66. The van der Waals surface area contributed by atoms with Crippen LogP contribution in [0.15, 0.2) is 0 Å². The highest BCUT2D eigenvalue weighted by Gasteiger charge is 2.50. The van der Waals surface area contributed by atoms with Crippen LogP contribution in [0.25, 0.3) is 0 Å². The van der Waals surface area contributed by atoms with Crippen LogP contribution in [-0.2, 0) is 9.53 Å². The van der Waals surface area contributed by atoms with Gasteiger partial charge >= 0.3 is 0 Å². The van der Waals surface area contributed by atoms with Crippen molar-refractivity contribution in [1.29, 1.82) is 0 Å². The minimum atomic E-state index is -0.0120. The third-order valence-corrected chi connectivity index (χ3v) is 4.12. The Bertz CT molecular complexity index is 287. The molecule has 0 N–H and O–H groups in total. The van der Waals surface area contributed by atoms with Gasteiger partial charge in [0.15, 0.2) is 0 Å². The number of likely N-dealkylation sites (tertiary alicyclic amines) is 1. The second-order valence-corrected chi connectivity index (χ2v) is 6.46. The number of carbonyl (C=O) groups is 1. The van der Waals surface area contributed by atoms with Crippen LogP contribution in [0.3, 0.4) is 0 Å². The topological polar surface area (TPSA) is 29.5 Å². The maximum atomic E-state index is 11.2. The van der Waals surface area contributed by atoms with Gasteiger partial charge in [-0.15, -0.1) is 0 Å². The zero-order valence-electron chi connectivity index (χ0n) is 10.9. The third kappa shape index (κ3) is 2.10. The van der Waals surface area contributed by atoms with Gasteiger partial charge in [-0.3, -0.25) is 4.79 Å². The lowest BCUT2D eigenvalue weighted by Gasteiger charge is -2.54. The van der Waals surface area contributed by atoms with E-state index in [4.69, 9.17) is 4.74 Å². The first-order valence-corrected chi connectivity index (χ1v) is 6.22. The molecular formula is C13H23NO2. The fourth-order valence-corrected chi connectivity index (χ4v) is 2.86. The Kier molecular flexibility index (Phi) is 2.77. The van der Waals surface area contributed by atoms with Crippen molar-refractivity contribution in [2.75, 3.05) is 19.7 Å². The van der Waals surface area contributed by atoms with Crippen LogP contribution in [-0.4, -0.2) is 36.1 Å². The zero-order chi connectivity index (χ0) is 12.0. The molecule has 1 atom stereocenters. The molecule has 2 heterocycles. The Morgan fingerprint density at radius 3 is 2.50 bits per heavy atom. The number of nitrogens with zero attached hydrogens (tertiary/aromatic N) is 1. The van der Waals surface area contributed by atoms with Crippen LogP contribution in [0.1, 0.15) is 40.5 Å². The van der Waals surface area contributed by atoms with Crippen molar-refractivity contribution in [3.63, 3.8) is 0 Å². The number of rotatable bonds is 0. The summed E-state index contributed by atoms with van der Waals surface area (Å²) in [6.07, 6.45) is 2.27. The fraction of sp³-hybridized carbons (Fsp3) is 0.923. The van der Waals surface area contributed by atoms with Crippen molar-refractivity contribution in [2.24, 2.45) is 11.3 Å². The van der Waals surface area contributed by atoms with Gasteiger partial charge in [0, 0.05) is 13.5 Å². The number of carbonyl (C=O) groups excluding carboxylic acids is 1. The molecule has 0 unspecified atom stereocenters. The SMILES string of the molecule is CC(=O)N1CC2(C[C@H](C(C)(C)C)CCO2)C1. The van der Waals surface area contributed by atoms with E-state index in [9.17, 15) is 4.79 Å². The molecule has 1 spiro atoms. The van der Waals surface area contributed by atoms with Crippen LogP contribution < -0.4 is 0 Å². The Morgan fingerprint density at radius 1 is 1.38 bits per heavy atom. The zero-order valence-corrected chi connectivity index (χ0v) is 10.9. The number of amides is 1. The molecule has 2 aliphatic heterocycles. The Labute approximate surface area is 98.1 Å². The first kappa shape index (κ1) is 11.9. The maximum absolute atomic E-state index is 11.2. The Balaban J connectivity index is 1.96. The monoisotopic (exact) mass is 225 g/mol. The summed E-state index contributed by atoms with van der Waals surface area (Å²) in [5.41, 5.74) is 0.343. The van der Waals surface area contributed by atoms with Gasteiger partial charge in [0.05, 0.1) is 13.1 Å². The van der Waals surface area contributed by atoms with Crippen molar-refractivity contribution in [2.45, 2.75) is 46.1 Å². The molecule has 3 heteroatoms. The molecular weight excluding hydrogens is 202 g/mol. The number of ether oxygens (including phenoxy) is 1.